The Hall–Kier alpha value is -1.03. The molecular formula is C13H20ClN3O. The number of aromatic nitrogens is 2. The predicted octanol–water partition coefficient (Wildman–Crippen LogP) is 2.33. The Labute approximate surface area is 112 Å². The van der Waals surface area contributed by atoms with Gasteiger partial charge in [-0.05, 0) is 18.8 Å². The van der Waals surface area contributed by atoms with E-state index in [4.69, 9.17) is 11.6 Å². The third-order valence-electron chi connectivity index (χ3n) is 3.35. The van der Waals surface area contributed by atoms with Gasteiger partial charge in [-0.25, -0.2) is 4.98 Å². The van der Waals surface area contributed by atoms with Crippen LogP contribution in [0.1, 0.15) is 26.7 Å². The number of anilines is 1. The van der Waals surface area contributed by atoms with Crippen LogP contribution < -0.4 is 10.9 Å². The molecule has 2 rings (SSSR count). The largest absolute Gasteiger partial charge is 0.365 e. The summed E-state index contributed by atoms with van der Waals surface area (Å²) in [6.07, 6.45) is 5.68. The summed E-state index contributed by atoms with van der Waals surface area (Å²) in [5.74, 6) is 1.53. The smallest absolute Gasteiger partial charge is 0.293 e. The Morgan fingerprint density at radius 1 is 1.56 bits per heavy atom. The number of hydrogen-bond acceptors (Lipinski definition) is 3. The van der Waals surface area contributed by atoms with Crippen molar-refractivity contribution in [3.63, 3.8) is 0 Å². The lowest BCUT2D eigenvalue weighted by Crippen LogP contribution is -2.28. The number of halogens is 1. The van der Waals surface area contributed by atoms with Crippen molar-refractivity contribution >= 4 is 17.4 Å². The molecule has 5 heteroatoms. The Morgan fingerprint density at radius 2 is 2.28 bits per heavy atom. The van der Waals surface area contributed by atoms with E-state index in [2.05, 4.69) is 24.1 Å². The summed E-state index contributed by atoms with van der Waals surface area (Å²) in [6.45, 7) is 5.64. The van der Waals surface area contributed by atoms with E-state index in [1.165, 1.54) is 0 Å². The van der Waals surface area contributed by atoms with Crippen LogP contribution in [0.2, 0.25) is 0 Å². The molecule has 100 valence electrons. The van der Waals surface area contributed by atoms with Crippen molar-refractivity contribution in [2.75, 3.05) is 17.7 Å². The van der Waals surface area contributed by atoms with Crippen LogP contribution in [0.3, 0.4) is 0 Å². The van der Waals surface area contributed by atoms with Crippen LogP contribution in [0.15, 0.2) is 17.2 Å². The summed E-state index contributed by atoms with van der Waals surface area (Å²) in [7, 11) is 0. The van der Waals surface area contributed by atoms with Crippen LogP contribution in [0.5, 0.6) is 0 Å². The SMILES string of the molecule is CC(C)Cn1ccnc(NCC2(CCl)CC2)c1=O. The first kappa shape index (κ1) is 13.4. The van der Waals surface area contributed by atoms with Gasteiger partial charge in [0.05, 0.1) is 0 Å². The van der Waals surface area contributed by atoms with E-state index < -0.39 is 0 Å². The number of hydrogen-bond donors (Lipinski definition) is 1. The van der Waals surface area contributed by atoms with Crippen LogP contribution in [-0.4, -0.2) is 22.0 Å². The molecule has 0 saturated heterocycles. The third-order valence-corrected chi connectivity index (χ3v) is 3.91. The second-order valence-corrected chi connectivity index (χ2v) is 5.88. The van der Waals surface area contributed by atoms with Crippen LogP contribution in [0, 0.1) is 11.3 Å². The fraction of sp³-hybridized carbons (Fsp3) is 0.692. The molecule has 1 saturated carbocycles. The van der Waals surface area contributed by atoms with Gasteiger partial charge in [-0.3, -0.25) is 4.79 Å². The van der Waals surface area contributed by atoms with Gasteiger partial charge in [0.2, 0.25) is 0 Å². The van der Waals surface area contributed by atoms with Gasteiger partial charge in [0.15, 0.2) is 5.82 Å². The molecule has 1 heterocycles. The van der Waals surface area contributed by atoms with Crippen molar-refractivity contribution in [1.82, 2.24) is 9.55 Å². The third kappa shape index (κ3) is 3.05. The molecule has 0 unspecified atom stereocenters. The van der Waals surface area contributed by atoms with Crippen LogP contribution in [-0.2, 0) is 6.54 Å². The van der Waals surface area contributed by atoms with E-state index in [0.29, 0.717) is 17.6 Å². The maximum atomic E-state index is 12.1. The first-order valence-electron chi connectivity index (χ1n) is 6.42. The molecule has 1 aliphatic rings. The highest BCUT2D eigenvalue weighted by atomic mass is 35.5. The monoisotopic (exact) mass is 269 g/mol. The molecule has 0 bridgehead atoms. The van der Waals surface area contributed by atoms with Crippen molar-refractivity contribution in [2.24, 2.45) is 11.3 Å². The molecule has 0 radical (unpaired) electrons. The second-order valence-electron chi connectivity index (χ2n) is 5.61. The highest BCUT2D eigenvalue weighted by Crippen LogP contribution is 2.46. The zero-order valence-corrected chi connectivity index (χ0v) is 11.7. The van der Waals surface area contributed by atoms with Crippen molar-refractivity contribution < 1.29 is 0 Å². The van der Waals surface area contributed by atoms with Gasteiger partial charge in [0.1, 0.15) is 0 Å². The molecule has 0 aliphatic heterocycles. The summed E-state index contributed by atoms with van der Waals surface area (Å²) in [6, 6.07) is 0. The van der Waals surface area contributed by atoms with Gasteiger partial charge in [0, 0.05) is 36.8 Å². The van der Waals surface area contributed by atoms with Gasteiger partial charge in [-0.1, -0.05) is 13.8 Å². The quantitative estimate of drug-likeness (QED) is 0.807. The van der Waals surface area contributed by atoms with E-state index in [9.17, 15) is 4.79 Å². The first-order chi connectivity index (χ1) is 8.56. The molecule has 0 spiro atoms. The average Bonchev–Trinajstić information content (AvgIpc) is 3.10. The van der Waals surface area contributed by atoms with Gasteiger partial charge < -0.3 is 9.88 Å². The number of nitrogens with one attached hydrogen (secondary N) is 1. The summed E-state index contributed by atoms with van der Waals surface area (Å²) in [4.78, 5) is 16.3. The minimum Gasteiger partial charge on any atom is -0.365 e. The Morgan fingerprint density at radius 3 is 2.83 bits per heavy atom. The zero-order valence-electron chi connectivity index (χ0n) is 10.9. The van der Waals surface area contributed by atoms with Crippen LogP contribution in [0.25, 0.3) is 0 Å². The summed E-state index contributed by atoms with van der Waals surface area (Å²) < 4.78 is 1.71. The first-order valence-corrected chi connectivity index (χ1v) is 6.95. The standard InChI is InChI=1S/C13H20ClN3O/c1-10(2)7-17-6-5-15-11(12(17)18)16-9-13(8-14)3-4-13/h5-6,10H,3-4,7-9H2,1-2H3,(H,15,16). The minimum atomic E-state index is -0.0448. The summed E-state index contributed by atoms with van der Waals surface area (Å²) in [5, 5.41) is 3.15. The lowest BCUT2D eigenvalue weighted by atomic mass is 10.1. The molecule has 0 aromatic carbocycles. The molecule has 1 aromatic rings. The van der Waals surface area contributed by atoms with Crippen molar-refractivity contribution in [3.8, 4) is 0 Å². The molecule has 0 atom stereocenters. The Bertz CT molecular complexity index is 466. The van der Waals surface area contributed by atoms with Gasteiger partial charge in [-0.2, -0.15) is 0 Å². The molecule has 4 nitrogen and oxygen atoms in total. The lowest BCUT2D eigenvalue weighted by molar-refractivity contribution is 0.509. The normalized spacial score (nSPS) is 16.9. The maximum Gasteiger partial charge on any atom is 0.293 e. The van der Waals surface area contributed by atoms with E-state index >= 15 is 0 Å². The van der Waals surface area contributed by atoms with Crippen LogP contribution in [0.4, 0.5) is 5.82 Å². The minimum absolute atomic E-state index is 0.0448. The summed E-state index contributed by atoms with van der Waals surface area (Å²) >= 11 is 5.92. The molecular weight excluding hydrogens is 250 g/mol. The number of nitrogens with zero attached hydrogens (tertiary/aromatic N) is 2. The van der Waals surface area contributed by atoms with E-state index in [1.807, 2.05) is 0 Å². The number of rotatable bonds is 6. The van der Waals surface area contributed by atoms with E-state index in [0.717, 1.165) is 25.9 Å². The van der Waals surface area contributed by atoms with Gasteiger partial charge >= 0.3 is 0 Å². The molecule has 1 aromatic heterocycles. The van der Waals surface area contributed by atoms with E-state index in [-0.39, 0.29) is 11.0 Å². The van der Waals surface area contributed by atoms with Crippen LogP contribution >= 0.6 is 11.6 Å². The van der Waals surface area contributed by atoms with E-state index in [1.54, 1.807) is 17.0 Å². The molecule has 1 N–H and O–H groups in total. The highest BCUT2D eigenvalue weighted by Gasteiger charge is 2.41. The summed E-state index contributed by atoms with van der Waals surface area (Å²) in [5.41, 5.74) is 0.144. The maximum absolute atomic E-state index is 12.1. The van der Waals surface area contributed by atoms with Crippen molar-refractivity contribution in [1.29, 1.82) is 0 Å². The number of alkyl halides is 1. The fourth-order valence-corrected chi connectivity index (χ4v) is 2.27. The molecule has 0 amide bonds. The lowest BCUT2D eigenvalue weighted by Gasteiger charge is -2.14. The Balaban J connectivity index is 2.06. The average molecular weight is 270 g/mol. The zero-order chi connectivity index (χ0) is 13.2. The fourth-order valence-electron chi connectivity index (χ4n) is 1.91. The molecule has 1 aliphatic carbocycles. The van der Waals surface area contributed by atoms with Gasteiger partial charge in [-0.15, -0.1) is 11.6 Å². The topological polar surface area (TPSA) is 46.9 Å². The molecule has 1 fully saturated rings. The predicted molar refractivity (Wildman–Crippen MR) is 74.2 cm³/mol. The highest BCUT2D eigenvalue weighted by molar-refractivity contribution is 6.18. The molecule has 18 heavy (non-hydrogen) atoms. The van der Waals surface area contributed by atoms with Crippen molar-refractivity contribution in [2.45, 2.75) is 33.2 Å². The second kappa shape index (κ2) is 5.31. The Kier molecular flexibility index (Phi) is 3.95. The van der Waals surface area contributed by atoms with Crippen molar-refractivity contribution in [3.05, 3.63) is 22.7 Å². The van der Waals surface area contributed by atoms with Gasteiger partial charge in [0.25, 0.3) is 5.56 Å².